The molecule has 0 saturated carbocycles. The quantitative estimate of drug-likeness (QED) is 0.0527. The van der Waals surface area contributed by atoms with Crippen molar-refractivity contribution in [2.45, 2.75) is 73.9 Å². The molecule has 0 spiro atoms. The van der Waals surface area contributed by atoms with Crippen LogP contribution in [-0.2, 0) is 23.8 Å². The maximum Gasteiger partial charge on any atom is 0.402 e. The van der Waals surface area contributed by atoms with Crippen molar-refractivity contribution in [3.05, 3.63) is 30.3 Å². The maximum absolute atomic E-state index is 12.0. The fraction of sp³-hybridized carbons (Fsp3) is 0.452. The molecule has 2 aliphatic rings. The van der Waals surface area contributed by atoms with Crippen molar-refractivity contribution >= 4 is 22.9 Å². The molecule has 5 rings (SSSR count). The van der Waals surface area contributed by atoms with Crippen LogP contribution in [0.2, 0.25) is 0 Å². The summed E-state index contributed by atoms with van der Waals surface area (Å²) in [5.74, 6) is -7.17. The van der Waals surface area contributed by atoms with Crippen molar-refractivity contribution in [3.8, 4) is 45.8 Å². The van der Waals surface area contributed by atoms with E-state index in [4.69, 9.17) is 33.2 Å². The van der Waals surface area contributed by atoms with E-state index in [2.05, 4.69) is 0 Å². The molecule has 52 heavy (non-hydrogen) atoms. The van der Waals surface area contributed by atoms with Gasteiger partial charge in [-0.25, -0.2) is 9.21 Å². The van der Waals surface area contributed by atoms with Gasteiger partial charge in [0, 0.05) is 24.3 Å². The van der Waals surface area contributed by atoms with Gasteiger partial charge in [0.05, 0.1) is 24.7 Å². The molecule has 1 unspecified atom stereocenters. The van der Waals surface area contributed by atoms with E-state index < -0.39 is 134 Å². The number of carbonyl (C=O) groups excluding carboxylic acids is 1. The fourth-order valence-electron chi connectivity index (χ4n) is 5.34. The number of aromatic hydroxyl groups is 4. The summed E-state index contributed by atoms with van der Waals surface area (Å²) in [7, 11) is 0. The highest BCUT2D eigenvalue weighted by atomic mass is 16.7. The molecule has 3 aromatic rings. The van der Waals surface area contributed by atoms with Gasteiger partial charge < -0.3 is 90.1 Å². The number of carbonyl (C=O) groups is 2. The highest BCUT2D eigenvalue weighted by Crippen LogP contribution is 2.45. The van der Waals surface area contributed by atoms with Crippen LogP contribution in [0.15, 0.2) is 34.7 Å². The lowest BCUT2D eigenvalue weighted by Gasteiger charge is -2.39. The van der Waals surface area contributed by atoms with Crippen molar-refractivity contribution in [1.29, 1.82) is 0 Å². The number of hydrogen-bond acceptors (Lipinski definition) is 19. The van der Waals surface area contributed by atoms with Crippen molar-refractivity contribution in [2.75, 3.05) is 13.2 Å². The van der Waals surface area contributed by atoms with Crippen LogP contribution in [0.25, 0.3) is 22.3 Å². The largest absolute Gasteiger partial charge is 0.507 e. The molecule has 0 amide bonds. The number of esters is 1. The summed E-state index contributed by atoms with van der Waals surface area (Å²) in [6.07, 6.45) is -21.2. The predicted octanol–water partition coefficient (Wildman–Crippen LogP) is -3.05. The van der Waals surface area contributed by atoms with Gasteiger partial charge in [-0.15, -0.1) is 0 Å². The molecule has 0 aliphatic carbocycles. The lowest BCUT2D eigenvalue weighted by Crippen LogP contribution is -2.60. The Kier molecular flexibility index (Phi) is 11.4. The van der Waals surface area contributed by atoms with Crippen LogP contribution in [0, 0.1) is 0 Å². The van der Waals surface area contributed by atoms with Crippen molar-refractivity contribution < 1.29 is 104 Å². The molecule has 1 aromatic heterocycles. The Morgan fingerprint density at radius 3 is 1.88 bits per heavy atom. The number of rotatable bonds is 11. The average molecular weight is 744 g/mol. The molecule has 2 aromatic carbocycles. The van der Waals surface area contributed by atoms with Gasteiger partial charge in [0.25, 0.3) is 0 Å². The second kappa shape index (κ2) is 15.4. The average Bonchev–Trinajstić information content (AvgIpc) is 3.09. The summed E-state index contributed by atoms with van der Waals surface area (Å²) in [5, 5.41) is 131. The molecular formula is C31H35O21+. The van der Waals surface area contributed by atoms with E-state index in [0.29, 0.717) is 0 Å². The van der Waals surface area contributed by atoms with E-state index in [1.54, 1.807) is 0 Å². The van der Waals surface area contributed by atoms with Crippen molar-refractivity contribution in [3.63, 3.8) is 0 Å². The molecular weight excluding hydrogens is 708 g/mol. The zero-order valence-corrected chi connectivity index (χ0v) is 26.4. The van der Waals surface area contributed by atoms with Crippen LogP contribution in [0.3, 0.4) is 0 Å². The Balaban J connectivity index is 1.54. The normalized spacial score (nSPS) is 29.7. The lowest BCUT2D eigenvalue weighted by atomic mass is 9.99. The summed E-state index contributed by atoms with van der Waals surface area (Å²) in [6.45, 7) is -1.62. The first kappa shape index (κ1) is 38.4. The number of benzene rings is 2. The van der Waals surface area contributed by atoms with Gasteiger partial charge >= 0.3 is 23.3 Å². The third-order valence-corrected chi connectivity index (χ3v) is 8.19. The van der Waals surface area contributed by atoms with Gasteiger partial charge in [-0.2, -0.15) is 0 Å². The van der Waals surface area contributed by atoms with E-state index in [9.17, 15) is 70.9 Å². The smallest absolute Gasteiger partial charge is 0.402 e. The second-order valence-electron chi connectivity index (χ2n) is 11.8. The van der Waals surface area contributed by atoms with Gasteiger partial charge in [0.1, 0.15) is 72.3 Å². The Labute approximate surface area is 290 Å². The molecule has 21 nitrogen and oxygen atoms in total. The Morgan fingerprint density at radius 1 is 0.750 bits per heavy atom. The number of fused-ring (bicyclic) bond motifs is 1. The first-order chi connectivity index (χ1) is 24.5. The van der Waals surface area contributed by atoms with Crippen LogP contribution in [0.4, 0.5) is 0 Å². The van der Waals surface area contributed by atoms with Gasteiger partial charge in [-0.3, -0.25) is 4.79 Å². The minimum atomic E-state index is -2.10. The van der Waals surface area contributed by atoms with Crippen LogP contribution < -0.4 is 9.47 Å². The molecule has 284 valence electrons. The highest BCUT2D eigenvalue weighted by Gasteiger charge is 2.47. The summed E-state index contributed by atoms with van der Waals surface area (Å²) >= 11 is 0. The number of phenolic OH excluding ortho intramolecular Hbond substituents is 4. The highest BCUT2D eigenvalue weighted by molar-refractivity contribution is 5.89. The first-order valence-electron chi connectivity index (χ1n) is 15.3. The van der Waals surface area contributed by atoms with E-state index in [0.717, 1.165) is 30.3 Å². The number of hydrogen-bond donors (Lipinski definition) is 13. The third-order valence-electron chi connectivity index (χ3n) is 8.19. The number of phenols is 4. The molecule has 2 fully saturated rings. The van der Waals surface area contributed by atoms with Gasteiger partial charge in [-0.1, -0.05) is 0 Å². The zero-order chi connectivity index (χ0) is 38.2. The third kappa shape index (κ3) is 7.83. The minimum Gasteiger partial charge on any atom is -0.507 e. The number of aliphatic hydroxyl groups is 8. The van der Waals surface area contributed by atoms with Crippen molar-refractivity contribution in [1.82, 2.24) is 0 Å². The van der Waals surface area contributed by atoms with Crippen LogP contribution >= 0.6 is 0 Å². The van der Waals surface area contributed by atoms with E-state index in [1.807, 2.05) is 0 Å². The number of aliphatic hydroxyl groups excluding tert-OH is 8. The number of aliphatic carboxylic acids is 1. The van der Waals surface area contributed by atoms with E-state index in [1.165, 1.54) is 0 Å². The minimum absolute atomic E-state index is 0.103. The molecule has 0 bridgehead atoms. The molecule has 11 atom stereocenters. The Hall–Kier alpha value is -4.81. The predicted molar refractivity (Wildman–Crippen MR) is 164 cm³/mol. The maximum atomic E-state index is 12.0. The Bertz CT molecular complexity index is 1760. The Morgan fingerprint density at radius 2 is 1.31 bits per heavy atom. The van der Waals surface area contributed by atoms with Crippen molar-refractivity contribution in [2.24, 2.45) is 0 Å². The fourth-order valence-corrected chi connectivity index (χ4v) is 5.34. The molecule has 3 heterocycles. The first-order valence-corrected chi connectivity index (χ1v) is 15.3. The number of carboxylic acid groups (broad SMARTS) is 1. The summed E-state index contributed by atoms with van der Waals surface area (Å²) in [6, 6.07) is 5.06. The molecule has 13 N–H and O–H groups in total. The number of carboxylic acids is 1. The summed E-state index contributed by atoms with van der Waals surface area (Å²) in [4.78, 5) is 22.9. The van der Waals surface area contributed by atoms with Gasteiger partial charge in [-0.05, 0) is 0 Å². The van der Waals surface area contributed by atoms with E-state index >= 15 is 0 Å². The summed E-state index contributed by atoms with van der Waals surface area (Å²) in [5.41, 5.74) is -0.416. The SMILES string of the molecule is O=C(CC(O)C(=O)O)OC[C@H]1O[C@@H](Oc2cc3c(O[C@@H]4O[C@H](CO)[C@@H](O)[C@H](O)[C@H]4O)cc(O)cc3[o+]c2-c2cc(O)c(O)c(O)c2)[C@H](O)[C@@H](O)[C@@H]1O. The molecule has 2 aliphatic heterocycles. The topological polar surface area (TPSA) is 355 Å². The molecule has 2 saturated heterocycles. The summed E-state index contributed by atoms with van der Waals surface area (Å²) < 4.78 is 33.3. The van der Waals surface area contributed by atoms with Gasteiger partial charge in [0.15, 0.2) is 23.4 Å². The van der Waals surface area contributed by atoms with Crippen LogP contribution in [0.5, 0.6) is 34.5 Å². The number of ether oxygens (including phenoxy) is 5. The van der Waals surface area contributed by atoms with Crippen LogP contribution in [0.1, 0.15) is 6.42 Å². The zero-order valence-electron chi connectivity index (χ0n) is 26.4. The second-order valence-corrected chi connectivity index (χ2v) is 11.8. The monoisotopic (exact) mass is 743 g/mol. The van der Waals surface area contributed by atoms with Gasteiger partial charge in [0.2, 0.25) is 18.3 Å². The molecule has 21 heteroatoms. The van der Waals surface area contributed by atoms with Crippen LogP contribution in [-0.4, -0.2) is 159 Å². The van der Waals surface area contributed by atoms with E-state index in [-0.39, 0.29) is 22.3 Å². The molecule has 0 radical (unpaired) electrons. The standard InChI is InChI=1S/C31H34O21/c32-7-18-22(39)24(41)26(43)30(51-18)49-16-4-10(33)3-15-11(16)5-17(28(48-15)9-1-12(34)21(38)13(35)2-9)50-31-27(44)25(42)23(40)19(52-31)8-47-20(37)6-14(36)29(45)46/h1-5,14,18-19,22-27,30-32,36,39-44H,6-8H2,(H4-,33,34,35,38,45,46)/p+1/t14?,18-,19-,22-,23-,24+,25+,26-,27-,30-,31-/m1/s1. The lowest BCUT2D eigenvalue weighted by molar-refractivity contribution is -0.278.